The lowest BCUT2D eigenvalue weighted by Gasteiger charge is -2.08. The number of carbonyl (C=O) groups is 1. The van der Waals surface area contributed by atoms with Crippen molar-refractivity contribution in [3.8, 4) is 0 Å². The number of halogens is 2. The van der Waals surface area contributed by atoms with Crippen LogP contribution in [-0.2, 0) is 18.6 Å². The van der Waals surface area contributed by atoms with Gasteiger partial charge in [-0.1, -0.05) is 11.6 Å². The van der Waals surface area contributed by atoms with Crippen molar-refractivity contribution in [3.05, 3.63) is 28.8 Å². The van der Waals surface area contributed by atoms with E-state index in [-0.39, 0.29) is 27.9 Å². The van der Waals surface area contributed by atoms with Crippen LogP contribution < -0.4 is 5.43 Å². The third-order valence-electron chi connectivity index (χ3n) is 1.81. The van der Waals surface area contributed by atoms with Crippen LogP contribution in [0.3, 0.4) is 0 Å². The molecular weight excluding hydrogens is 303 g/mol. The van der Waals surface area contributed by atoms with Crippen molar-refractivity contribution in [3.63, 3.8) is 0 Å². The predicted octanol–water partition coefficient (Wildman–Crippen LogP) is 1.32. The molecule has 0 aliphatic heterocycles. The molecule has 0 bridgehead atoms. The van der Waals surface area contributed by atoms with E-state index in [9.17, 15) is 13.2 Å². The van der Waals surface area contributed by atoms with Gasteiger partial charge < -0.3 is 10.2 Å². The van der Waals surface area contributed by atoms with Gasteiger partial charge >= 0.3 is 0 Å². The molecule has 1 aromatic rings. The fourth-order valence-electron chi connectivity index (χ4n) is 1.18. The van der Waals surface area contributed by atoms with Crippen molar-refractivity contribution < 1.29 is 17.9 Å². The summed E-state index contributed by atoms with van der Waals surface area (Å²) >= 11 is 5.75. The van der Waals surface area contributed by atoms with Gasteiger partial charge in [-0.05, 0) is 18.2 Å². The molecule has 18 heavy (non-hydrogen) atoms. The standard InChI is InChI=1S/C9H8Cl2N2O4S/c1-12-13-9(17-5-14)7-4-6(10)2-3-8(7)18(11,15)16/h2-5,12H,1H3/b13-9-. The summed E-state index contributed by atoms with van der Waals surface area (Å²) in [5.41, 5.74) is 2.36. The Labute approximate surface area is 113 Å². The number of rotatable bonds is 4. The topological polar surface area (TPSA) is 84.8 Å². The maximum absolute atomic E-state index is 11.4. The second kappa shape index (κ2) is 6.03. The van der Waals surface area contributed by atoms with E-state index >= 15 is 0 Å². The molecule has 98 valence electrons. The van der Waals surface area contributed by atoms with Gasteiger partial charge in [-0.15, -0.1) is 5.10 Å². The van der Waals surface area contributed by atoms with Gasteiger partial charge in [0, 0.05) is 22.8 Å². The van der Waals surface area contributed by atoms with Crippen LogP contribution in [-0.4, -0.2) is 27.8 Å². The average Bonchev–Trinajstić information content (AvgIpc) is 2.27. The van der Waals surface area contributed by atoms with Crippen molar-refractivity contribution in [1.29, 1.82) is 0 Å². The summed E-state index contributed by atoms with van der Waals surface area (Å²) < 4.78 is 27.3. The molecule has 1 aromatic carbocycles. The maximum Gasteiger partial charge on any atom is 0.299 e. The Balaban J connectivity index is 3.50. The molecule has 0 fully saturated rings. The first kappa shape index (κ1) is 14.7. The molecule has 0 aliphatic rings. The van der Waals surface area contributed by atoms with Crippen molar-refractivity contribution in [2.75, 3.05) is 7.05 Å². The summed E-state index contributed by atoms with van der Waals surface area (Å²) in [6, 6.07) is 3.81. The highest BCUT2D eigenvalue weighted by Gasteiger charge is 2.21. The van der Waals surface area contributed by atoms with Crippen LogP contribution in [0, 0.1) is 0 Å². The van der Waals surface area contributed by atoms with Crippen LogP contribution in [0.5, 0.6) is 0 Å². The number of nitrogens with zero attached hydrogens (tertiary/aromatic N) is 1. The van der Waals surface area contributed by atoms with Crippen LogP contribution >= 0.6 is 22.3 Å². The molecule has 1 rings (SSSR count). The van der Waals surface area contributed by atoms with Crippen molar-refractivity contribution in [2.45, 2.75) is 4.90 Å². The third kappa shape index (κ3) is 3.59. The summed E-state index contributed by atoms with van der Waals surface area (Å²) in [5.74, 6) is -0.255. The SMILES string of the molecule is CN/N=C(\OC=O)c1cc(Cl)ccc1S(=O)(=O)Cl. The number of nitrogens with one attached hydrogen (secondary N) is 1. The first-order valence-electron chi connectivity index (χ1n) is 4.49. The number of hydrogen-bond acceptors (Lipinski definition) is 6. The highest BCUT2D eigenvalue weighted by Crippen LogP contribution is 2.24. The van der Waals surface area contributed by atoms with E-state index < -0.39 is 9.05 Å². The Hall–Kier alpha value is -1.31. The van der Waals surface area contributed by atoms with E-state index in [0.29, 0.717) is 0 Å². The van der Waals surface area contributed by atoms with Gasteiger partial charge in [0.25, 0.3) is 15.5 Å². The normalized spacial score (nSPS) is 12.1. The quantitative estimate of drug-likeness (QED) is 0.298. The largest absolute Gasteiger partial charge is 0.407 e. The summed E-state index contributed by atoms with van der Waals surface area (Å²) in [6.45, 7) is 0.113. The summed E-state index contributed by atoms with van der Waals surface area (Å²) in [4.78, 5) is 10.1. The van der Waals surface area contributed by atoms with E-state index in [1.807, 2.05) is 0 Å². The van der Waals surface area contributed by atoms with E-state index in [2.05, 4.69) is 15.3 Å². The monoisotopic (exact) mass is 310 g/mol. The second-order valence-corrected chi connectivity index (χ2v) is 5.90. The number of benzene rings is 1. The highest BCUT2D eigenvalue weighted by molar-refractivity contribution is 8.13. The molecule has 0 heterocycles. The van der Waals surface area contributed by atoms with Crippen molar-refractivity contribution in [2.24, 2.45) is 5.10 Å². The van der Waals surface area contributed by atoms with Gasteiger partial charge in [0.2, 0.25) is 5.90 Å². The smallest absolute Gasteiger partial charge is 0.299 e. The van der Waals surface area contributed by atoms with Crippen LogP contribution in [0.4, 0.5) is 0 Å². The molecule has 1 N–H and O–H groups in total. The molecular formula is C9H8Cl2N2O4S. The Bertz CT molecular complexity index is 586. The van der Waals surface area contributed by atoms with Gasteiger partial charge in [0.1, 0.15) is 0 Å². The molecule has 0 saturated carbocycles. The van der Waals surface area contributed by atoms with Crippen LogP contribution in [0.2, 0.25) is 5.02 Å². The second-order valence-electron chi connectivity index (χ2n) is 2.93. The lowest BCUT2D eigenvalue weighted by molar-refractivity contribution is -0.121. The molecule has 0 spiro atoms. The van der Waals surface area contributed by atoms with Crippen LogP contribution in [0.1, 0.15) is 5.56 Å². The minimum atomic E-state index is -4.02. The molecule has 0 aromatic heterocycles. The fourth-order valence-corrected chi connectivity index (χ4v) is 2.39. The zero-order valence-electron chi connectivity index (χ0n) is 9.05. The summed E-state index contributed by atoms with van der Waals surface area (Å²) in [5, 5.41) is 3.87. The lowest BCUT2D eigenvalue weighted by Crippen LogP contribution is -2.14. The first-order chi connectivity index (χ1) is 8.40. The van der Waals surface area contributed by atoms with Crippen molar-refractivity contribution in [1.82, 2.24) is 5.43 Å². The van der Waals surface area contributed by atoms with Gasteiger partial charge in [0.15, 0.2) is 0 Å². The highest BCUT2D eigenvalue weighted by atomic mass is 35.7. The number of hydrogen-bond donors (Lipinski definition) is 1. The zero-order chi connectivity index (χ0) is 13.8. The van der Waals surface area contributed by atoms with Crippen LogP contribution in [0.15, 0.2) is 28.2 Å². The molecule has 6 nitrogen and oxygen atoms in total. The van der Waals surface area contributed by atoms with Gasteiger partial charge in [-0.2, -0.15) is 0 Å². The van der Waals surface area contributed by atoms with Crippen molar-refractivity contribution >= 4 is 43.7 Å². The van der Waals surface area contributed by atoms with Gasteiger partial charge in [-0.25, -0.2) is 8.42 Å². The molecule has 0 aliphatic carbocycles. The fraction of sp³-hybridized carbons (Fsp3) is 0.111. The molecule has 0 saturated heterocycles. The number of hydrazone groups is 1. The summed E-state index contributed by atoms with van der Waals surface area (Å²) in [7, 11) is 2.70. The maximum atomic E-state index is 11.4. The number of carbonyl (C=O) groups excluding carboxylic acids is 1. The Kier molecular flexibility index (Phi) is 4.94. The van der Waals surface area contributed by atoms with E-state index in [1.54, 1.807) is 0 Å². The zero-order valence-corrected chi connectivity index (χ0v) is 11.4. The minimum Gasteiger partial charge on any atom is -0.407 e. The Morgan fingerprint density at radius 1 is 1.50 bits per heavy atom. The van der Waals surface area contributed by atoms with Gasteiger partial charge in [0.05, 0.1) is 10.5 Å². The van der Waals surface area contributed by atoms with Gasteiger partial charge in [-0.3, -0.25) is 4.79 Å². The van der Waals surface area contributed by atoms with E-state index in [1.165, 1.54) is 25.2 Å². The molecule has 9 heteroatoms. The molecule has 0 unspecified atom stereocenters. The first-order valence-corrected chi connectivity index (χ1v) is 7.18. The molecule has 0 radical (unpaired) electrons. The third-order valence-corrected chi connectivity index (χ3v) is 3.42. The summed E-state index contributed by atoms with van der Waals surface area (Å²) in [6.07, 6.45) is 0. The predicted molar refractivity (Wildman–Crippen MR) is 67.2 cm³/mol. The lowest BCUT2D eigenvalue weighted by atomic mass is 10.2. The minimum absolute atomic E-state index is 0.0149. The Morgan fingerprint density at radius 3 is 2.67 bits per heavy atom. The molecule has 0 amide bonds. The molecule has 0 atom stereocenters. The van der Waals surface area contributed by atoms with E-state index in [0.717, 1.165) is 0 Å². The average molecular weight is 311 g/mol. The van der Waals surface area contributed by atoms with Crippen LogP contribution in [0.25, 0.3) is 0 Å². The Morgan fingerprint density at radius 2 is 2.17 bits per heavy atom. The number of ether oxygens (including phenoxy) is 1. The van der Waals surface area contributed by atoms with E-state index in [4.69, 9.17) is 22.3 Å².